The van der Waals surface area contributed by atoms with E-state index in [1.165, 1.54) is 76.5 Å². The molecule has 0 aliphatic carbocycles. The van der Waals surface area contributed by atoms with Gasteiger partial charge in [-0.2, -0.15) is 0 Å². The van der Waals surface area contributed by atoms with Crippen molar-refractivity contribution in [2.45, 2.75) is 13.8 Å². The molecule has 2 heteroatoms. The molecule has 38 heavy (non-hydrogen) atoms. The van der Waals surface area contributed by atoms with Gasteiger partial charge in [0.1, 0.15) is 0 Å². The SMILES string of the molecule is Cc1ccc(C)c2c(-c3ccccc3)c3c4cc(Br)ccc4c4ccc(Br)cc4c3c(-c3ccccc3)c12. The summed E-state index contributed by atoms with van der Waals surface area (Å²) in [5, 5.41) is 10.3. The van der Waals surface area contributed by atoms with Crippen molar-refractivity contribution in [3.05, 3.63) is 129 Å². The van der Waals surface area contributed by atoms with Gasteiger partial charge in [0.05, 0.1) is 0 Å². The maximum Gasteiger partial charge on any atom is 0.0181 e. The van der Waals surface area contributed by atoms with E-state index in [1.54, 1.807) is 0 Å². The minimum Gasteiger partial charge on any atom is -0.0622 e. The molecule has 0 aromatic heterocycles. The van der Waals surface area contributed by atoms with E-state index < -0.39 is 0 Å². The Morgan fingerprint density at radius 1 is 0.395 bits per heavy atom. The van der Waals surface area contributed by atoms with E-state index in [2.05, 4.69) is 155 Å². The molecule has 0 unspecified atom stereocenters. The lowest BCUT2D eigenvalue weighted by Crippen LogP contribution is -1.97. The van der Waals surface area contributed by atoms with E-state index >= 15 is 0 Å². The molecule has 7 rings (SSSR count). The van der Waals surface area contributed by atoms with Crippen LogP contribution in [-0.4, -0.2) is 0 Å². The monoisotopic (exact) mass is 614 g/mol. The topological polar surface area (TPSA) is 0 Å². The minimum atomic E-state index is 1.09. The molecule has 7 aromatic rings. The predicted molar refractivity (Wildman–Crippen MR) is 172 cm³/mol. The van der Waals surface area contributed by atoms with E-state index in [4.69, 9.17) is 0 Å². The second-order valence-electron chi connectivity index (χ2n) is 10.1. The molecule has 7 aromatic carbocycles. The highest BCUT2D eigenvalue weighted by Gasteiger charge is 2.23. The van der Waals surface area contributed by atoms with Gasteiger partial charge in [0.15, 0.2) is 0 Å². The van der Waals surface area contributed by atoms with E-state index in [-0.39, 0.29) is 0 Å². The first-order chi connectivity index (χ1) is 18.5. The quantitative estimate of drug-likeness (QED) is 0.134. The minimum absolute atomic E-state index is 1.09. The molecule has 0 fully saturated rings. The molecule has 0 saturated carbocycles. The first-order valence-electron chi connectivity index (χ1n) is 12.8. The zero-order chi connectivity index (χ0) is 26.0. The molecule has 0 spiro atoms. The molecule has 0 heterocycles. The predicted octanol–water partition coefficient (Wildman–Crippen LogP) is 11.8. The van der Waals surface area contributed by atoms with Crippen LogP contribution in [-0.2, 0) is 0 Å². The largest absolute Gasteiger partial charge is 0.0622 e. The lowest BCUT2D eigenvalue weighted by atomic mass is 9.79. The van der Waals surface area contributed by atoms with Crippen LogP contribution in [0.5, 0.6) is 0 Å². The summed E-state index contributed by atoms with van der Waals surface area (Å²) < 4.78 is 2.17. The van der Waals surface area contributed by atoms with Gasteiger partial charge in [0.25, 0.3) is 0 Å². The lowest BCUT2D eigenvalue weighted by molar-refractivity contribution is 1.46. The maximum atomic E-state index is 3.81. The Bertz CT molecular complexity index is 1890. The fourth-order valence-electron chi connectivity index (χ4n) is 6.20. The standard InChI is InChI=1S/C36H24Br2/c1-21-13-14-22(2)32-31(21)33(23-9-5-3-6-10-23)35-29-19-25(37)15-17-27(29)28-18-16-26(38)20-30(28)36(35)34(32)24-11-7-4-8-12-24/h3-20H,1-2H3. The number of benzene rings is 7. The van der Waals surface area contributed by atoms with Gasteiger partial charge in [-0.3, -0.25) is 0 Å². The van der Waals surface area contributed by atoms with Crippen molar-refractivity contribution in [3.63, 3.8) is 0 Å². The van der Waals surface area contributed by atoms with Crippen molar-refractivity contribution in [2.24, 2.45) is 0 Å². The summed E-state index contributed by atoms with van der Waals surface area (Å²) in [5.74, 6) is 0. The number of aryl methyl sites for hydroxylation is 2. The third kappa shape index (κ3) is 3.55. The molecule has 0 amide bonds. The summed E-state index contributed by atoms with van der Waals surface area (Å²) >= 11 is 7.61. The van der Waals surface area contributed by atoms with Gasteiger partial charge in [-0.25, -0.2) is 0 Å². The van der Waals surface area contributed by atoms with Crippen molar-refractivity contribution in [1.82, 2.24) is 0 Å². The number of halogens is 2. The van der Waals surface area contributed by atoms with Gasteiger partial charge in [0, 0.05) is 8.95 Å². The summed E-state index contributed by atoms with van der Waals surface area (Å²) in [4.78, 5) is 0. The zero-order valence-electron chi connectivity index (χ0n) is 21.1. The molecular weight excluding hydrogens is 592 g/mol. The van der Waals surface area contributed by atoms with Crippen LogP contribution >= 0.6 is 31.9 Å². The highest BCUT2D eigenvalue weighted by atomic mass is 79.9. The molecule has 0 N–H and O–H groups in total. The van der Waals surface area contributed by atoms with Crippen LogP contribution in [0.15, 0.2) is 118 Å². The third-order valence-corrected chi connectivity index (χ3v) is 8.78. The van der Waals surface area contributed by atoms with Crippen molar-refractivity contribution < 1.29 is 0 Å². The van der Waals surface area contributed by atoms with E-state index in [1.807, 2.05) is 0 Å². The zero-order valence-corrected chi connectivity index (χ0v) is 24.3. The Morgan fingerprint density at radius 3 is 1.18 bits per heavy atom. The Labute approximate surface area is 239 Å². The summed E-state index contributed by atoms with van der Waals surface area (Å²) in [5.41, 5.74) is 7.68. The molecule has 0 nitrogen and oxygen atoms in total. The van der Waals surface area contributed by atoms with Crippen LogP contribution in [0.2, 0.25) is 0 Å². The fraction of sp³-hybridized carbons (Fsp3) is 0.0556. The second kappa shape index (κ2) is 9.08. The fourth-order valence-corrected chi connectivity index (χ4v) is 6.92. The average Bonchev–Trinajstić information content (AvgIpc) is 2.94. The molecule has 0 atom stereocenters. The van der Waals surface area contributed by atoms with Crippen molar-refractivity contribution >= 4 is 74.9 Å². The van der Waals surface area contributed by atoms with Crippen LogP contribution < -0.4 is 0 Å². The Balaban J connectivity index is 1.95. The average molecular weight is 616 g/mol. The third-order valence-electron chi connectivity index (χ3n) is 7.79. The normalized spacial score (nSPS) is 11.7. The number of hydrogen-bond donors (Lipinski definition) is 0. The summed E-state index contributed by atoms with van der Waals surface area (Å²) in [7, 11) is 0. The van der Waals surface area contributed by atoms with Gasteiger partial charge < -0.3 is 0 Å². The molecule has 0 aliphatic heterocycles. The maximum absolute atomic E-state index is 3.81. The molecule has 0 aliphatic rings. The first-order valence-corrected chi connectivity index (χ1v) is 14.4. The number of hydrogen-bond acceptors (Lipinski definition) is 0. The van der Waals surface area contributed by atoms with Crippen LogP contribution in [0.25, 0.3) is 65.3 Å². The summed E-state index contributed by atoms with van der Waals surface area (Å²) in [6.45, 7) is 4.51. The van der Waals surface area contributed by atoms with Gasteiger partial charge in [-0.05, 0) is 115 Å². The van der Waals surface area contributed by atoms with Gasteiger partial charge in [-0.15, -0.1) is 0 Å². The van der Waals surface area contributed by atoms with Gasteiger partial charge in [0.2, 0.25) is 0 Å². The van der Waals surface area contributed by atoms with Crippen LogP contribution in [0, 0.1) is 13.8 Å². The lowest BCUT2D eigenvalue weighted by Gasteiger charge is -2.24. The number of rotatable bonds is 2. The van der Waals surface area contributed by atoms with Crippen molar-refractivity contribution in [2.75, 3.05) is 0 Å². The first kappa shape index (κ1) is 23.6. The molecule has 182 valence electrons. The molecule has 0 saturated heterocycles. The van der Waals surface area contributed by atoms with Gasteiger partial charge in [-0.1, -0.05) is 117 Å². The molecular formula is C36H24Br2. The Morgan fingerprint density at radius 2 is 0.789 bits per heavy atom. The Hall–Kier alpha value is -3.46. The van der Waals surface area contributed by atoms with E-state index in [0.29, 0.717) is 0 Å². The Kier molecular flexibility index (Phi) is 5.65. The molecule has 0 bridgehead atoms. The van der Waals surface area contributed by atoms with Crippen LogP contribution in [0.4, 0.5) is 0 Å². The van der Waals surface area contributed by atoms with Crippen LogP contribution in [0.1, 0.15) is 11.1 Å². The van der Waals surface area contributed by atoms with E-state index in [0.717, 1.165) is 8.95 Å². The highest BCUT2D eigenvalue weighted by Crippen LogP contribution is 2.51. The van der Waals surface area contributed by atoms with Gasteiger partial charge >= 0.3 is 0 Å². The van der Waals surface area contributed by atoms with Crippen molar-refractivity contribution in [1.29, 1.82) is 0 Å². The second-order valence-corrected chi connectivity index (χ2v) is 11.9. The summed E-state index contributed by atoms with van der Waals surface area (Å²) in [6, 6.07) is 39.8. The van der Waals surface area contributed by atoms with Crippen molar-refractivity contribution in [3.8, 4) is 22.3 Å². The van der Waals surface area contributed by atoms with E-state index in [9.17, 15) is 0 Å². The smallest absolute Gasteiger partial charge is 0.0181 e. The molecule has 0 radical (unpaired) electrons. The van der Waals surface area contributed by atoms with Crippen LogP contribution in [0.3, 0.4) is 0 Å². The highest BCUT2D eigenvalue weighted by molar-refractivity contribution is 9.10. The number of fused-ring (bicyclic) bond motifs is 7. The summed E-state index contributed by atoms with van der Waals surface area (Å²) in [6.07, 6.45) is 0.